The van der Waals surface area contributed by atoms with Gasteiger partial charge >= 0.3 is 0 Å². The summed E-state index contributed by atoms with van der Waals surface area (Å²) in [6.45, 7) is 5.79. The molecule has 0 aliphatic heterocycles. The van der Waals surface area contributed by atoms with E-state index in [-0.39, 0.29) is 31.0 Å². The molecule has 0 fully saturated rings. The predicted molar refractivity (Wildman–Crippen MR) is 126 cm³/mol. The second-order valence-electron chi connectivity index (χ2n) is 7.25. The van der Waals surface area contributed by atoms with Crippen molar-refractivity contribution in [2.45, 2.75) is 52.2 Å². The van der Waals surface area contributed by atoms with Crippen LogP contribution in [0.1, 0.15) is 39.2 Å². The van der Waals surface area contributed by atoms with E-state index in [0.717, 1.165) is 12.0 Å². The Balaban J connectivity index is 2.22. The number of rotatable bonds is 10. The van der Waals surface area contributed by atoms with Crippen LogP contribution in [0.4, 0.5) is 0 Å². The van der Waals surface area contributed by atoms with Gasteiger partial charge < -0.3 is 15.0 Å². The summed E-state index contributed by atoms with van der Waals surface area (Å²) in [5, 5.41) is 4.35. The standard InChI is InChI=1S/C23H27Cl3N2O3/c1-4-15(3)27-23(30)20(5-2)28(13-16-6-8-17(24)9-7-16)22(29)14-31-21-11-10-18(25)12-19(21)26/h6-12,15,20H,4-5,13-14H2,1-3H3,(H,27,30)/t15-,20-/m1/s1. The lowest BCUT2D eigenvalue weighted by Gasteiger charge is -2.31. The summed E-state index contributed by atoms with van der Waals surface area (Å²) in [4.78, 5) is 27.6. The number of ether oxygens (including phenoxy) is 1. The van der Waals surface area contributed by atoms with E-state index < -0.39 is 6.04 Å². The molecule has 31 heavy (non-hydrogen) atoms. The summed E-state index contributed by atoms with van der Waals surface area (Å²) in [6, 6.07) is 11.3. The van der Waals surface area contributed by atoms with Crippen LogP contribution in [-0.4, -0.2) is 35.4 Å². The fraction of sp³-hybridized carbons (Fsp3) is 0.391. The molecule has 2 rings (SSSR count). The molecule has 0 aromatic heterocycles. The third-order valence-corrected chi connectivity index (χ3v) is 5.68. The Hall–Kier alpha value is -1.95. The van der Waals surface area contributed by atoms with Crippen LogP contribution in [0.15, 0.2) is 42.5 Å². The SMILES string of the molecule is CC[C@@H](C)NC(=O)[C@@H](CC)N(Cc1ccc(Cl)cc1)C(=O)COc1ccc(Cl)cc1Cl. The Kier molecular flexibility index (Phi) is 9.94. The van der Waals surface area contributed by atoms with E-state index in [9.17, 15) is 9.59 Å². The lowest BCUT2D eigenvalue weighted by Crippen LogP contribution is -2.51. The smallest absolute Gasteiger partial charge is 0.261 e. The highest BCUT2D eigenvalue weighted by atomic mass is 35.5. The second-order valence-corrected chi connectivity index (χ2v) is 8.53. The van der Waals surface area contributed by atoms with Gasteiger partial charge in [0.15, 0.2) is 6.61 Å². The minimum Gasteiger partial charge on any atom is -0.482 e. The third kappa shape index (κ3) is 7.60. The van der Waals surface area contributed by atoms with Gasteiger partial charge in [0, 0.05) is 22.6 Å². The van der Waals surface area contributed by atoms with Crippen LogP contribution in [0.3, 0.4) is 0 Å². The van der Waals surface area contributed by atoms with Crippen LogP contribution in [-0.2, 0) is 16.1 Å². The number of carbonyl (C=O) groups excluding carboxylic acids is 2. The maximum Gasteiger partial charge on any atom is 0.261 e. The summed E-state index contributed by atoms with van der Waals surface area (Å²) in [7, 11) is 0. The molecule has 0 heterocycles. The zero-order chi connectivity index (χ0) is 23.0. The Morgan fingerprint density at radius 2 is 1.65 bits per heavy atom. The second kappa shape index (κ2) is 12.2. The van der Waals surface area contributed by atoms with Gasteiger partial charge in [0.25, 0.3) is 5.91 Å². The minimum absolute atomic E-state index is 0.0122. The maximum atomic E-state index is 13.2. The van der Waals surface area contributed by atoms with E-state index in [4.69, 9.17) is 39.5 Å². The third-order valence-electron chi connectivity index (χ3n) is 4.90. The first-order chi connectivity index (χ1) is 14.7. The number of halogens is 3. The molecule has 0 radical (unpaired) electrons. The number of carbonyl (C=O) groups is 2. The number of hydrogen-bond donors (Lipinski definition) is 1. The van der Waals surface area contributed by atoms with Gasteiger partial charge in [0.1, 0.15) is 11.8 Å². The Labute approximate surface area is 198 Å². The van der Waals surface area contributed by atoms with Gasteiger partial charge in [-0.1, -0.05) is 60.8 Å². The van der Waals surface area contributed by atoms with Crippen LogP contribution >= 0.6 is 34.8 Å². The predicted octanol–water partition coefficient (Wildman–Crippen LogP) is 5.75. The molecule has 0 bridgehead atoms. The molecule has 8 heteroatoms. The Bertz CT molecular complexity index is 890. The molecule has 0 aliphatic rings. The lowest BCUT2D eigenvalue weighted by atomic mass is 10.1. The molecule has 2 aromatic carbocycles. The fourth-order valence-electron chi connectivity index (χ4n) is 2.96. The number of amides is 2. The van der Waals surface area contributed by atoms with Crippen LogP contribution < -0.4 is 10.1 Å². The number of benzene rings is 2. The molecule has 5 nitrogen and oxygen atoms in total. The first-order valence-corrected chi connectivity index (χ1v) is 11.3. The van der Waals surface area contributed by atoms with E-state index in [1.807, 2.05) is 32.9 Å². The molecule has 1 N–H and O–H groups in total. The van der Waals surface area contributed by atoms with Crippen LogP contribution in [0.25, 0.3) is 0 Å². The minimum atomic E-state index is -0.638. The molecule has 0 saturated carbocycles. The summed E-state index contributed by atoms with van der Waals surface area (Å²) in [6.07, 6.45) is 1.26. The van der Waals surface area contributed by atoms with Crippen LogP contribution in [0.2, 0.25) is 15.1 Å². The number of hydrogen-bond acceptors (Lipinski definition) is 3. The topological polar surface area (TPSA) is 58.6 Å². The van der Waals surface area contributed by atoms with Gasteiger partial charge in [-0.2, -0.15) is 0 Å². The highest BCUT2D eigenvalue weighted by Gasteiger charge is 2.29. The average Bonchev–Trinajstić information content (AvgIpc) is 2.74. The lowest BCUT2D eigenvalue weighted by molar-refractivity contribution is -0.143. The average molecular weight is 486 g/mol. The molecule has 2 aromatic rings. The van der Waals surface area contributed by atoms with Gasteiger partial charge in [-0.3, -0.25) is 9.59 Å². The Morgan fingerprint density at radius 3 is 2.23 bits per heavy atom. The van der Waals surface area contributed by atoms with Gasteiger partial charge in [0.2, 0.25) is 5.91 Å². The molecule has 0 unspecified atom stereocenters. The van der Waals surface area contributed by atoms with E-state index in [2.05, 4.69) is 5.32 Å². The van der Waals surface area contributed by atoms with E-state index in [1.54, 1.807) is 30.3 Å². The molecular weight excluding hydrogens is 459 g/mol. The quantitative estimate of drug-likeness (QED) is 0.466. The number of nitrogens with zero attached hydrogens (tertiary/aromatic N) is 1. The van der Waals surface area contributed by atoms with Crippen molar-refractivity contribution in [2.75, 3.05) is 6.61 Å². The fourth-order valence-corrected chi connectivity index (χ4v) is 3.55. The molecule has 2 atom stereocenters. The van der Waals surface area contributed by atoms with Gasteiger partial charge in [-0.25, -0.2) is 0 Å². The van der Waals surface area contributed by atoms with Crippen molar-refractivity contribution in [1.82, 2.24) is 10.2 Å². The zero-order valence-electron chi connectivity index (χ0n) is 17.8. The maximum absolute atomic E-state index is 13.2. The van der Waals surface area contributed by atoms with Crippen molar-refractivity contribution in [3.63, 3.8) is 0 Å². The van der Waals surface area contributed by atoms with Crippen molar-refractivity contribution in [1.29, 1.82) is 0 Å². The van der Waals surface area contributed by atoms with Crippen molar-refractivity contribution < 1.29 is 14.3 Å². The first kappa shape index (κ1) is 25.3. The largest absolute Gasteiger partial charge is 0.482 e. The van der Waals surface area contributed by atoms with Crippen molar-refractivity contribution in [3.8, 4) is 5.75 Å². The Morgan fingerprint density at radius 1 is 1.00 bits per heavy atom. The van der Waals surface area contributed by atoms with Crippen LogP contribution in [0, 0.1) is 0 Å². The van der Waals surface area contributed by atoms with Gasteiger partial charge in [-0.15, -0.1) is 0 Å². The summed E-state index contributed by atoms with van der Waals surface area (Å²) in [5.41, 5.74) is 0.858. The van der Waals surface area contributed by atoms with E-state index in [0.29, 0.717) is 27.2 Å². The van der Waals surface area contributed by atoms with Crippen LogP contribution in [0.5, 0.6) is 5.75 Å². The normalized spacial score (nSPS) is 12.7. The van der Waals surface area contributed by atoms with Gasteiger partial charge in [0.05, 0.1) is 5.02 Å². The monoisotopic (exact) mass is 484 g/mol. The van der Waals surface area contributed by atoms with Gasteiger partial charge in [-0.05, 0) is 55.7 Å². The molecule has 0 spiro atoms. The highest BCUT2D eigenvalue weighted by molar-refractivity contribution is 6.35. The summed E-state index contributed by atoms with van der Waals surface area (Å²) >= 11 is 18.0. The molecule has 0 aliphatic carbocycles. The molecule has 0 saturated heterocycles. The van der Waals surface area contributed by atoms with E-state index in [1.165, 1.54) is 4.90 Å². The first-order valence-electron chi connectivity index (χ1n) is 10.2. The molecule has 168 valence electrons. The summed E-state index contributed by atoms with van der Waals surface area (Å²) in [5.74, 6) is -0.168. The van der Waals surface area contributed by atoms with Crippen molar-refractivity contribution >= 4 is 46.6 Å². The molecule has 2 amide bonds. The van der Waals surface area contributed by atoms with Crippen molar-refractivity contribution in [3.05, 3.63) is 63.1 Å². The molecular formula is C23H27Cl3N2O3. The van der Waals surface area contributed by atoms with E-state index >= 15 is 0 Å². The summed E-state index contributed by atoms with van der Waals surface area (Å²) < 4.78 is 5.63. The zero-order valence-corrected chi connectivity index (χ0v) is 20.1. The number of nitrogens with one attached hydrogen (secondary N) is 1. The highest BCUT2D eigenvalue weighted by Crippen LogP contribution is 2.27. The van der Waals surface area contributed by atoms with Crippen molar-refractivity contribution in [2.24, 2.45) is 0 Å².